The number of benzene rings is 1. The van der Waals surface area contributed by atoms with Crippen LogP contribution in [0.1, 0.15) is 0 Å². The van der Waals surface area contributed by atoms with Crippen LogP contribution in [0.3, 0.4) is 0 Å². The Bertz CT molecular complexity index is 903. The summed E-state index contributed by atoms with van der Waals surface area (Å²) in [6.45, 7) is 2.81. The molecular formula is C16H17ClN6O. The van der Waals surface area contributed by atoms with Gasteiger partial charge in [0.25, 0.3) is 0 Å². The number of fused-ring (bicyclic) bond motifs is 1. The molecule has 0 aliphatic carbocycles. The van der Waals surface area contributed by atoms with Gasteiger partial charge < -0.3 is 15.4 Å². The molecule has 0 atom stereocenters. The summed E-state index contributed by atoms with van der Waals surface area (Å²) in [6, 6.07) is 7.58. The van der Waals surface area contributed by atoms with Gasteiger partial charge in [-0.3, -0.25) is 4.68 Å². The Morgan fingerprint density at radius 2 is 1.92 bits per heavy atom. The number of halogens is 1. The number of nitrogens with two attached hydrogens (primary N) is 1. The van der Waals surface area contributed by atoms with Crippen LogP contribution in [-0.4, -0.2) is 46.1 Å². The topological polar surface area (TPSA) is 82.1 Å². The van der Waals surface area contributed by atoms with Crippen molar-refractivity contribution < 1.29 is 4.74 Å². The molecule has 1 aromatic carbocycles. The third-order valence-electron chi connectivity index (χ3n) is 4.15. The molecule has 1 fully saturated rings. The van der Waals surface area contributed by atoms with E-state index in [1.807, 2.05) is 24.3 Å². The molecule has 0 unspecified atom stereocenters. The predicted molar refractivity (Wildman–Crippen MR) is 94.2 cm³/mol. The lowest BCUT2D eigenvalue weighted by molar-refractivity contribution is 0.122. The zero-order chi connectivity index (χ0) is 16.7. The minimum Gasteiger partial charge on any atom is -0.383 e. The Labute approximate surface area is 144 Å². The Kier molecular flexibility index (Phi) is 3.74. The fraction of sp³-hybridized carbons (Fsp3) is 0.312. The first-order valence-electron chi connectivity index (χ1n) is 7.73. The first-order valence-corrected chi connectivity index (χ1v) is 8.11. The minimum atomic E-state index is 0.522. The highest BCUT2D eigenvalue weighted by Gasteiger charge is 2.22. The maximum atomic E-state index is 6.39. The summed E-state index contributed by atoms with van der Waals surface area (Å²) >= 11 is 6.39. The zero-order valence-corrected chi connectivity index (χ0v) is 14.0. The molecule has 4 rings (SSSR count). The van der Waals surface area contributed by atoms with Crippen molar-refractivity contribution in [2.45, 2.75) is 0 Å². The fourth-order valence-electron chi connectivity index (χ4n) is 2.86. The molecule has 7 nitrogen and oxygen atoms in total. The number of morpholine rings is 1. The predicted octanol–water partition coefficient (Wildman–Crippen LogP) is 2.10. The van der Waals surface area contributed by atoms with Gasteiger partial charge in [-0.2, -0.15) is 10.1 Å². The molecule has 0 bridgehead atoms. The molecule has 0 radical (unpaired) electrons. The number of aromatic nitrogens is 4. The standard InChI is InChI=1S/C16H17ClN6O/c1-22-14(18)12-13(10-4-2-3-5-11(10)17)19-16(20-15(12)21-22)23-6-8-24-9-7-23/h2-5H,6-9,18H2,1H3. The normalized spacial score (nSPS) is 15.2. The summed E-state index contributed by atoms with van der Waals surface area (Å²) < 4.78 is 7.02. The lowest BCUT2D eigenvalue weighted by atomic mass is 10.1. The largest absolute Gasteiger partial charge is 0.383 e. The van der Waals surface area contributed by atoms with Gasteiger partial charge in [-0.05, 0) is 6.07 Å². The molecule has 1 saturated heterocycles. The number of anilines is 2. The van der Waals surface area contributed by atoms with Crippen molar-refractivity contribution in [1.82, 2.24) is 19.7 Å². The van der Waals surface area contributed by atoms with E-state index in [1.165, 1.54) is 0 Å². The van der Waals surface area contributed by atoms with Crippen LogP contribution in [0.25, 0.3) is 22.3 Å². The number of hydrogen-bond acceptors (Lipinski definition) is 6. The first kappa shape index (κ1) is 15.2. The highest BCUT2D eigenvalue weighted by molar-refractivity contribution is 6.33. The summed E-state index contributed by atoms with van der Waals surface area (Å²) in [4.78, 5) is 11.5. The van der Waals surface area contributed by atoms with Crippen molar-refractivity contribution in [2.24, 2.45) is 7.05 Å². The second kappa shape index (κ2) is 5.92. The maximum Gasteiger partial charge on any atom is 0.228 e. The molecule has 8 heteroatoms. The molecular weight excluding hydrogens is 328 g/mol. The van der Waals surface area contributed by atoms with Crippen molar-refractivity contribution in [2.75, 3.05) is 36.9 Å². The lowest BCUT2D eigenvalue weighted by Gasteiger charge is -2.27. The number of ether oxygens (including phenoxy) is 1. The summed E-state index contributed by atoms with van der Waals surface area (Å²) in [5.41, 5.74) is 8.30. The van der Waals surface area contributed by atoms with Gasteiger partial charge in [-0.25, -0.2) is 4.98 Å². The summed E-state index contributed by atoms with van der Waals surface area (Å²) in [5.74, 6) is 1.15. The van der Waals surface area contributed by atoms with E-state index in [-0.39, 0.29) is 0 Å². The van der Waals surface area contributed by atoms with Gasteiger partial charge in [0, 0.05) is 30.7 Å². The Morgan fingerprint density at radius 3 is 2.67 bits per heavy atom. The summed E-state index contributed by atoms with van der Waals surface area (Å²) in [7, 11) is 1.79. The van der Waals surface area contributed by atoms with Crippen LogP contribution in [0.5, 0.6) is 0 Å². The minimum absolute atomic E-state index is 0.522. The molecule has 2 N–H and O–H groups in total. The first-order chi connectivity index (χ1) is 11.6. The molecule has 3 aromatic rings. The quantitative estimate of drug-likeness (QED) is 0.766. The number of hydrogen-bond donors (Lipinski definition) is 1. The van der Waals surface area contributed by atoms with Gasteiger partial charge in [0.15, 0.2) is 5.65 Å². The molecule has 3 heterocycles. The average molecular weight is 345 g/mol. The van der Waals surface area contributed by atoms with Crippen molar-refractivity contribution >= 4 is 34.4 Å². The molecule has 0 amide bonds. The van der Waals surface area contributed by atoms with E-state index in [9.17, 15) is 0 Å². The second-order valence-corrected chi connectivity index (χ2v) is 6.07. The van der Waals surface area contributed by atoms with E-state index in [4.69, 9.17) is 27.1 Å². The molecule has 0 spiro atoms. The molecule has 1 aliphatic rings. The molecule has 0 saturated carbocycles. The highest BCUT2D eigenvalue weighted by Crippen LogP contribution is 2.35. The average Bonchev–Trinajstić information content (AvgIpc) is 2.90. The van der Waals surface area contributed by atoms with Gasteiger partial charge in [-0.1, -0.05) is 29.8 Å². The summed E-state index contributed by atoms with van der Waals surface area (Å²) in [5, 5.41) is 5.77. The smallest absolute Gasteiger partial charge is 0.228 e. The van der Waals surface area contributed by atoms with Gasteiger partial charge in [0.05, 0.1) is 24.3 Å². The van der Waals surface area contributed by atoms with Gasteiger partial charge in [0.1, 0.15) is 5.82 Å². The van der Waals surface area contributed by atoms with E-state index in [2.05, 4.69) is 15.0 Å². The SMILES string of the molecule is Cn1nc2nc(N3CCOCC3)nc(-c3ccccc3Cl)c2c1N. The van der Waals surface area contributed by atoms with E-state index < -0.39 is 0 Å². The van der Waals surface area contributed by atoms with Crippen molar-refractivity contribution in [3.05, 3.63) is 29.3 Å². The maximum absolute atomic E-state index is 6.39. The van der Waals surface area contributed by atoms with Crippen LogP contribution in [0, 0.1) is 0 Å². The molecule has 124 valence electrons. The molecule has 24 heavy (non-hydrogen) atoms. The van der Waals surface area contributed by atoms with Crippen molar-refractivity contribution in [1.29, 1.82) is 0 Å². The van der Waals surface area contributed by atoms with Gasteiger partial charge in [-0.15, -0.1) is 0 Å². The van der Waals surface area contributed by atoms with Crippen LogP contribution in [0.4, 0.5) is 11.8 Å². The fourth-order valence-corrected chi connectivity index (χ4v) is 3.08. The Balaban J connectivity index is 1.97. The van der Waals surface area contributed by atoms with E-state index >= 15 is 0 Å². The van der Waals surface area contributed by atoms with E-state index in [1.54, 1.807) is 11.7 Å². The number of nitrogen functional groups attached to an aromatic ring is 1. The second-order valence-electron chi connectivity index (χ2n) is 5.66. The Hall–Kier alpha value is -2.38. The third-order valence-corrected chi connectivity index (χ3v) is 4.48. The van der Waals surface area contributed by atoms with Crippen molar-refractivity contribution in [3.8, 4) is 11.3 Å². The van der Waals surface area contributed by atoms with Crippen LogP contribution < -0.4 is 10.6 Å². The van der Waals surface area contributed by atoms with Crippen LogP contribution in [0.2, 0.25) is 5.02 Å². The van der Waals surface area contributed by atoms with E-state index in [0.717, 1.165) is 24.0 Å². The monoisotopic (exact) mass is 344 g/mol. The van der Waals surface area contributed by atoms with E-state index in [0.29, 0.717) is 41.3 Å². The third kappa shape index (κ3) is 2.46. The van der Waals surface area contributed by atoms with Crippen LogP contribution >= 0.6 is 11.6 Å². The van der Waals surface area contributed by atoms with Gasteiger partial charge >= 0.3 is 0 Å². The number of aryl methyl sites for hydroxylation is 1. The number of nitrogens with zero attached hydrogens (tertiary/aromatic N) is 5. The molecule has 2 aromatic heterocycles. The number of rotatable bonds is 2. The lowest BCUT2D eigenvalue weighted by Crippen LogP contribution is -2.37. The van der Waals surface area contributed by atoms with Crippen LogP contribution in [-0.2, 0) is 11.8 Å². The van der Waals surface area contributed by atoms with Gasteiger partial charge in [0.2, 0.25) is 5.95 Å². The Morgan fingerprint density at radius 1 is 1.17 bits per heavy atom. The molecule has 1 aliphatic heterocycles. The zero-order valence-electron chi connectivity index (χ0n) is 13.2. The van der Waals surface area contributed by atoms with Crippen molar-refractivity contribution in [3.63, 3.8) is 0 Å². The summed E-state index contributed by atoms with van der Waals surface area (Å²) in [6.07, 6.45) is 0. The highest BCUT2D eigenvalue weighted by atomic mass is 35.5. The van der Waals surface area contributed by atoms with Crippen LogP contribution in [0.15, 0.2) is 24.3 Å².